The first-order chi connectivity index (χ1) is 8.29. The van der Waals surface area contributed by atoms with Gasteiger partial charge in [0.2, 0.25) is 0 Å². The Bertz CT molecular complexity index is 680. The summed E-state index contributed by atoms with van der Waals surface area (Å²) in [5, 5.41) is 0.650. The first-order valence-electron chi connectivity index (χ1n) is 5.67. The molecule has 0 aliphatic rings. The van der Waals surface area contributed by atoms with Crippen LogP contribution in [0.15, 0.2) is 29.1 Å². The van der Waals surface area contributed by atoms with Crippen LogP contribution in [-0.4, -0.2) is 5.91 Å². The minimum Gasteiger partial charge on any atom is -0.365 e. The number of carbonyl (C=O) groups is 1. The molecular formula is C14H15NO2S. The van der Waals surface area contributed by atoms with Crippen LogP contribution in [0.1, 0.15) is 36.0 Å². The molecule has 0 bridgehead atoms. The topological polar surface area (TPSA) is 60.2 Å². The zero-order valence-electron chi connectivity index (χ0n) is 10.6. The van der Waals surface area contributed by atoms with Crippen molar-refractivity contribution in [1.29, 1.82) is 0 Å². The number of primary amides is 1. The average Bonchev–Trinajstić information content (AvgIpc) is 2.27. The lowest BCUT2D eigenvalue weighted by Gasteiger charge is -2.19. The second kappa shape index (κ2) is 4.21. The molecule has 0 unspecified atom stereocenters. The van der Waals surface area contributed by atoms with Crippen LogP contribution >= 0.6 is 11.3 Å². The zero-order valence-corrected chi connectivity index (χ0v) is 11.4. The minimum atomic E-state index is -0.557. The predicted molar refractivity (Wildman–Crippen MR) is 75.3 cm³/mol. The summed E-state index contributed by atoms with van der Waals surface area (Å²) in [5.74, 6) is -0.557. The van der Waals surface area contributed by atoms with Crippen molar-refractivity contribution >= 4 is 27.3 Å². The van der Waals surface area contributed by atoms with Gasteiger partial charge in [0.25, 0.3) is 5.91 Å². The molecule has 0 aliphatic heterocycles. The lowest BCUT2D eigenvalue weighted by molar-refractivity contribution is 0.100. The first-order valence-corrected chi connectivity index (χ1v) is 6.49. The molecule has 18 heavy (non-hydrogen) atoms. The molecule has 1 amide bonds. The van der Waals surface area contributed by atoms with E-state index in [-0.39, 0.29) is 10.8 Å². The van der Waals surface area contributed by atoms with Crippen LogP contribution in [0.2, 0.25) is 0 Å². The van der Waals surface area contributed by atoms with Crippen LogP contribution < -0.4 is 11.2 Å². The monoisotopic (exact) mass is 261 g/mol. The number of hydrogen-bond donors (Lipinski definition) is 1. The number of amides is 1. The van der Waals surface area contributed by atoms with Gasteiger partial charge in [-0.15, -0.1) is 11.3 Å². The van der Waals surface area contributed by atoms with Crippen LogP contribution in [0.25, 0.3) is 10.1 Å². The fourth-order valence-corrected chi connectivity index (χ4v) is 2.65. The Morgan fingerprint density at radius 3 is 2.44 bits per heavy atom. The largest absolute Gasteiger partial charge is 0.365 e. The van der Waals surface area contributed by atoms with Gasteiger partial charge in [-0.1, -0.05) is 26.8 Å². The SMILES string of the molecule is CC(C)(C)c1ccc2sc(C(N)=O)cc(=O)c2c1. The summed E-state index contributed by atoms with van der Waals surface area (Å²) in [6.07, 6.45) is 0. The normalized spacial score (nSPS) is 11.7. The van der Waals surface area contributed by atoms with E-state index in [9.17, 15) is 9.59 Å². The van der Waals surface area contributed by atoms with Crippen LogP contribution in [-0.2, 0) is 5.41 Å². The number of carbonyl (C=O) groups excluding carboxylic acids is 1. The van der Waals surface area contributed by atoms with Gasteiger partial charge >= 0.3 is 0 Å². The summed E-state index contributed by atoms with van der Waals surface area (Å²) in [6.45, 7) is 6.29. The second-order valence-corrected chi connectivity index (χ2v) is 6.38. The molecule has 0 atom stereocenters. The van der Waals surface area contributed by atoms with Crippen molar-refractivity contribution in [3.05, 3.63) is 44.9 Å². The van der Waals surface area contributed by atoms with Gasteiger partial charge in [-0.05, 0) is 23.1 Å². The van der Waals surface area contributed by atoms with E-state index < -0.39 is 5.91 Å². The van der Waals surface area contributed by atoms with Crippen LogP contribution in [0, 0.1) is 0 Å². The predicted octanol–water partition coefficient (Wildman–Crippen LogP) is 2.66. The van der Waals surface area contributed by atoms with Crippen molar-refractivity contribution in [2.24, 2.45) is 5.73 Å². The average molecular weight is 261 g/mol. The quantitative estimate of drug-likeness (QED) is 0.858. The number of rotatable bonds is 1. The van der Waals surface area contributed by atoms with Crippen molar-refractivity contribution in [1.82, 2.24) is 0 Å². The molecule has 3 nitrogen and oxygen atoms in total. The van der Waals surface area contributed by atoms with Crippen molar-refractivity contribution in [3.63, 3.8) is 0 Å². The first kappa shape index (κ1) is 12.8. The van der Waals surface area contributed by atoms with Crippen LogP contribution in [0.5, 0.6) is 0 Å². The van der Waals surface area contributed by atoms with Crippen molar-refractivity contribution in [2.75, 3.05) is 0 Å². The van der Waals surface area contributed by atoms with Gasteiger partial charge in [-0.2, -0.15) is 0 Å². The third-order valence-corrected chi connectivity index (χ3v) is 3.95. The zero-order chi connectivity index (χ0) is 13.5. The molecule has 0 saturated heterocycles. The summed E-state index contributed by atoms with van der Waals surface area (Å²) < 4.78 is 0.796. The van der Waals surface area contributed by atoms with Gasteiger partial charge in [-0.25, -0.2) is 0 Å². The van der Waals surface area contributed by atoms with E-state index >= 15 is 0 Å². The fraction of sp³-hybridized carbons (Fsp3) is 0.286. The smallest absolute Gasteiger partial charge is 0.258 e. The van der Waals surface area contributed by atoms with Crippen molar-refractivity contribution < 1.29 is 4.79 Å². The Kier molecular flexibility index (Phi) is 2.99. The van der Waals surface area contributed by atoms with Gasteiger partial charge in [-0.3, -0.25) is 9.59 Å². The molecule has 2 N–H and O–H groups in total. The molecule has 1 aromatic heterocycles. The van der Waals surface area contributed by atoms with Crippen molar-refractivity contribution in [3.8, 4) is 0 Å². The molecule has 1 aromatic carbocycles. The molecule has 2 rings (SSSR count). The molecule has 0 fully saturated rings. The lowest BCUT2D eigenvalue weighted by atomic mass is 9.86. The fourth-order valence-electron chi connectivity index (χ4n) is 1.74. The molecule has 4 heteroatoms. The van der Waals surface area contributed by atoms with Crippen molar-refractivity contribution in [2.45, 2.75) is 26.2 Å². The molecule has 0 radical (unpaired) electrons. The maximum atomic E-state index is 12.0. The Hall–Kier alpha value is -1.68. The number of nitrogens with two attached hydrogens (primary N) is 1. The van der Waals surface area contributed by atoms with Gasteiger partial charge in [0.1, 0.15) is 0 Å². The summed E-state index contributed by atoms with van der Waals surface area (Å²) >= 11 is 1.25. The van der Waals surface area contributed by atoms with E-state index in [0.29, 0.717) is 10.3 Å². The maximum absolute atomic E-state index is 12.0. The summed E-state index contributed by atoms with van der Waals surface area (Å²) in [6, 6.07) is 7.10. The number of hydrogen-bond acceptors (Lipinski definition) is 3. The highest BCUT2D eigenvalue weighted by Gasteiger charge is 2.15. The van der Waals surface area contributed by atoms with Crippen LogP contribution in [0.4, 0.5) is 0 Å². The molecule has 0 saturated carbocycles. The van der Waals surface area contributed by atoms with Crippen LogP contribution in [0.3, 0.4) is 0 Å². The highest BCUT2D eigenvalue weighted by Crippen LogP contribution is 2.27. The molecule has 1 heterocycles. The molecule has 0 aliphatic carbocycles. The summed E-state index contributed by atoms with van der Waals surface area (Å²) in [5.41, 5.74) is 6.15. The number of fused-ring (bicyclic) bond motifs is 1. The Labute approximate surface area is 109 Å². The third kappa shape index (κ3) is 2.29. The van der Waals surface area contributed by atoms with Gasteiger partial charge in [0.05, 0.1) is 4.88 Å². The number of benzene rings is 1. The summed E-state index contributed by atoms with van der Waals surface area (Å²) in [4.78, 5) is 23.4. The summed E-state index contributed by atoms with van der Waals surface area (Å²) in [7, 11) is 0. The molecular weight excluding hydrogens is 246 g/mol. The maximum Gasteiger partial charge on any atom is 0.258 e. The molecule has 0 spiro atoms. The Balaban J connectivity index is 2.74. The third-order valence-electron chi connectivity index (χ3n) is 2.84. The Morgan fingerprint density at radius 2 is 1.89 bits per heavy atom. The van der Waals surface area contributed by atoms with E-state index in [1.165, 1.54) is 17.4 Å². The minimum absolute atomic E-state index is 0.00629. The molecule has 94 valence electrons. The van der Waals surface area contributed by atoms with Gasteiger partial charge < -0.3 is 5.73 Å². The highest BCUT2D eigenvalue weighted by atomic mass is 32.1. The lowest BCUT2D eigenvalue weighted by Crippen LogP contribution is -2.14. The standard InChI is InChI=1S/C14H15NO2S/c1-14(2,3)8-4-5-11-9(6-8)10(16)7-12(18-11)13(15)17/h4-7H,1-3H3,(H2,15,17). The molecule has 2 aromatic rings. The van der Waals surface area contributed by atoms with E-state index in [1.807, 2.05) is 18.2 Å². The second-order valence-electron chi connectivity index (χ2n) is 5.30. The van der Waals surface area contributed by atoms with E-state index in [4.69, 9.17) is 5.73 Å². The van der Waals surface area contributed by atoms with E-state index in [2.05, 4.69) is 20.8 Å². The van der Waals surface area contributed by atoms with E-state index in [1.54, 1.807) is 0 Å². The Morgan fingerprint density at radius 1 is 1.22 bits per heavy atom. The van der Waals surface area contributed by atoms with E-state index in [0.717, 1.165) is 10.3 Å². The highest BCUT2D eigenvalue weighted by molar-refractivity contribution is 7.20. The van der Waals surface area contributed by atoms with Gasteiger partial charge in [0, 0.05) is 16.2 Å². The van der Waals surface area contributed by atoms with Gasteiger partial charge in [0.15, 0.2) is 5.43 Å².